The molecular formula is C55H33N5O. The molecule has 6 heteroatoms. The van der Waals surface area contributed by atoms with E-state index in [9.17, 15) is 0 Å². The molecule has 8 aromatic carbocycles. The average Bonchev–Trinajstić information content (AvgIpc) is 4.01. The molecule has 1 aliphatic carbocycles. The van der Waals surface area contributed by atoms with Crippen LogP contribution in [0.1, 0.15) is 22.3 Å². The molecule has 0 amide bonds. The topological polar surface area (TPSA) is 69.1 Å². The molecule has 0 radical (unpaired) electrons. The van der Waals surface area contributed by atoms with Crippen molar-refractivity contribution >= 4 is 49.5 Å². The standard InChI is InChI=1S/C55H33N5O/c1-4-17-34(18-5-1)50-57-51(35-31-32-47-42(33-35)49-38-23-10-11-24-39(38)53-56-45-29-14-15-30-46(45)60(53)54(49)61-47)59-52(58-50)41-26-16-28-44-48(41)40-25-12-13-27-43(40)55(44,36-19-6-2-7-20-36)37-21-8-3-9-22-37/h1-33H. The number of para-hydroxylation sites is 2. The lowest BCUT2D eigenvalue weighted by molar-refractivity contribution is 0.650. The summed E-state index contributed by atoms with van der Waals surface area (Å²) in [6.45, 7) is 0. The van der Waals surface area contributed by atoms with Crippen LogP contribution in [0.15, 0.2) is 205 Å². The number of imidazole rings is 1. The van der Waals surface area contributed by atoms with Gasteiger partial charge in [-0.1, -0.05) is 170 Å². The Hall–Kier alpha value is -8.22. The van der Waals surface area contributed by atoms with Gasteiger partial charge in [-0.2, -0.15) is 0 Å². The first-order valence-electron chi connectivity index (χ1n) is 20.6. The van der Waals surface area contributed by atoms with Crippen molar-refractivity contribution in [2.45, 2.75) is 5.41 Å². The second-order valence-corrected chi connectivity index (χ2v) is 15.7. The normalized spacial score (nSPS) is 13.0. The molecule has 61 heavy (non-hydrogen) atoms. The molecule has 6 nitrogen and oxygen atoms in total. The molecule has 0 N–H and O–H groups in total. The van der Waals surface area contributed by atoms with Gasteiger partial charge in [0.15, 0.2) is 17.5 Å². The molecule has 4 heterocycles. The molecule has 0 saturated carbocycles. The zero-order valence-electron chi connectivity index (χ0n) is 32.7. The van der Waals surface area contributed by atoms with Gasteiger partial charge in [-0.05, 0) is 69.1 Å². The second-order valence-electron chi connectivity index (χ2n) is 15.7. The molecular weight excluding hydrogens is 747 g/mol. The van der Waals surface area contributed by atoms with E-state index in [0.717, 1.165) is 71.8 Å². The highest BCUT2D eigenvalue weighted by Crippen LogP contribution is 2.58. The van der Waals surface area contributed by atoms with Crippen LogP contribution in [-0.2, 0) is 5.41 Å². The number of nitrogens with zero attached hydrogens (tertiary/aromatic N) is 5. The summed E-state index contributed by atoms with van der Waals surface area (Å²) in [7, 11) is 0. The number of furan rings is 1. The average molecular weight is 780 g/mol. The number of hydrogen-bond donors (Lipinski definition) is 0. The summed E-state index contributed by atoms with van der Waals surface area (Å²) in [5, 5.41) is 4.15. The predicted octanol–water partition coefficient (Wildman–Crippen LogP) is 13.1. The number of pyridine rings is 1. The van der Waals surface area contributed by atoms with Crippen molar-refractivity contribution in [1.29, 1.82) is 0 Å². The van der Waals surface area contributed by atoms with Crippen molar-refractivity contribution < 1.29 is 4.42 Å². The predicted molar refractivity (Wildman–Crippen MR) is 244 cm³/mol. The minimum absolute atomic E-state index is 0.551. The summed E-state index contributed by atoms with van der Waals surface area (Å²) >= 11 is 0. The maximum atomic E-state index is 6.76. The van der Waals surface area contributed by atoms with Crippen LogP contribution < -0.4 is 0 Å². The molecule has 0 bridgehead atoms. The van der Waals surface area contributed by atoms with Crippen LogP contribution in [0.3, 0.4) is 0 Å². The van der Waals surface area contributed by atoms with Gasteiger partial charge in [0.05, 0.1) is 21.8 Å². The summed E-state index contributed by atoms with van der Waals surface area (Å²) in [5.41, 5.74) is 13.7. The number of fused-ring (bicyclic) bond motifs is 13. The maximum Gasteiger partial charge on any atom is 0.215 e. The van der Waals surface area contributed by atoms with E-state index in [2.05, 4.69) is 168 Å². The lowest BCUT2D eigenvalue weighted by Crippen LogP contribution is -2.28. The van der Waals surface area contributed by atoms with E-state index in [4.69, 9.17) is 24.4 Å². The van der Waals surface area contributed by atoms with Crippen LogP contribution in [0.25, 0.3) is 94.8 Å². The Kier molecular flexibility index (Phi) is 7.13. The fourth-order valence-corrected chi connectivity index (χ4v) is 9.97. The fraction of sp³-hybridized carbons (Fsp3) is 0.0182. The molecule has 284 valence electrons. The van der Waals surface area contributed by atoms with Gasteiger partial charge in [0.2, 0.25) is 5.71 Å². The minimum atomic E-state index is -0.551. The third-order valence-corrected chi connectivity index (χ3v) is 12.5. The Bertz CT molecular complexity index is 3670. The van der Waals surface area contributed by atoms with E-state index in [1.54, 1.807) is 0 Å². The molecule has 0 atom stereocenters. The first-order valence-corrected chi connectivity index (χ1v) is 20.6. The van der Waals surface area contributed by atoms with Crippen molar-refractivity contribution in [2.24, 2.45) is 0 Å². The Labute approximate surface area is 350 Å². The largest absolute Gasteiger partial charge is 0.439 e. The van der Waals surface area contributed by atoms with E-state index >= 15 is 0 Å². The van der Waals surface area contributed by atoms with Gasteiger partial charge in [-0.3, -0.25) is 4.40 Å². The van der Waals surface area contributed by atoms with Gasteiger partial charge in [-0.15, -0.1) is 0 Å². The second kappa shape index (κ2) is 12.9. The Morgan fingerprint density at radius 3 is 1.82 bits per heavy atom. The lowest BCUT2D eigenvalue weighted by atomic mass is 9.67. The lowest BCUT2D eigenvalue weighted by Gasteiger charge is -2.33. The highest BCUT2D eigenvalue weighted by Gasteiger charge is 2.47. The molecule has 12 aromatic rings. The zero-order chi connectivity index (χ0) is 40.1. The third kappa shape index (κ3) is 4.78. The highest BCUT2D eigenvalue weighted by atomic mass is 16.3. The van der Waals surface area contributed by atoms with Gasteiger partial charge in [0.25, 0.3) is 0 Å². The zero-order valence-corrected chi connectivity index (χ0v) is 32.7. The van der Waals surface area contributed by atoms with Crippen molar-refractivity contribution in [2.75, 3.05) is 0 Å². The SMILES string of the molecule is c1ccc(-c2nc(-c3ccc4oc5c(c4c3)c3ccccc3c3nc4ccccc4n35)nc(-c3cccc4c3-c3ccccc3C4(c3ccccc3)c3ccccc3)n2)cc1. The van der Waals surface area contributed by atoms with E-state index in [0.29, 0.717) is 17.5 Å². The number of rotatable bonds is 5. The summed E-state index contributed by atoms with van der Waals surface area (Å²) in [6.07, 6.45) is 0. The number of benzene rings is 8. The van der Waals surface area contributed by atoms with E-state index in [1.165, 1.54) is 27.8 Å². The highest BCUT2D eigenvalue weighted by molar-refractivity contribution is 6.22. The molecule has 0 aliphatic heterocycles. The van der Waals surface area contributed by atoms with Gasteiger partial charge in [0.1, 0.15) is 11.2 Å². The van der Waals surface area contributed by atoms with Crippen LogP contribution in [0.2, 0.25) is 0 Å². The van der Waals surface area contributed by atoms with Crippen LogP contribution in [-0.4, -0.2) is 24.3 Å². The van der Waals surface area contributed by atoms with Crippen molar-refractivity contribution in [3.63, 3.8) is 0 Å². The number of hydrogen-bond acceptors (Lipinski definition) is 5. The Morgan fingerprint density at radius 2 is 1.03 bits per heavy atom. The van der Waals surface area contributed by atoms with Crippen LogP contribution >= 0.6 is 0 Å². The smallest absolute Gasteiger partial charge is 0.215 e. The van der Waals surface area contributed by atoms with E-state index in [-0.39, 0.29) is 0 Å². The monoisotopic (exact) mass is 779 g/mol. The first kappa shape index (κ1) is 33.7. The maximum absolute atomic E-state index is 6.76. The molecule has 0 unspecified atom stereocenters. The molecule has 0 spiro atoms. The molecule has 4 aromatic heterocycles. The van der Waals surface area contributed by atoms with Gasteiger partial charge in [0, 0.05) is 27.5 Å². The molecule has 0 fully saturated rings. The number of aromatic nitrogens is 5. The van der Waals surface area contributed by atoms with Crippen molar-refractivity contribution in [1.82, 2.24) is 24.3 Å². The first-order chi connectivity index (χ1) is 30.3. The summed E-state index contributed by atoms with van der Waals surface area (Å²) in [4.78, 5) is 21.0. The molecule has 1 aliphatic rings. The van der Waals surface area contributed by atoms with Crippen LogP contribution in [0, 0.1) is 0 Å². The Morgan fingerprint density at radius 1 is 0.426 bits per heavy atom. The quantitative estimate of drug-likeness (QED) is 0.174. The summed E-state index contributed by atoms with van der Waals surface area (Å²) < 4.78 is 8.92. The van der Waals surface area contributed by atoms with Crippen molar-refractivity contribution in [3.8, 4) is 45.3 Å². The Balaban J connectivity index is 1.08. The van der Waals surface area contributed by atoms with Gasteiger partial charge in [-0.25, -0.2) is 19.9 Å². The van der Waals surface area contributed by atoms with Crippen LogP contribution in [0.5, 0.6) is 0 Å². The van der Waals surface area contributed by atoms with Gasteiger partial charge < -0.3 is 4.42 Å². The van der Waals surface area contributed by atoms with Crippen LogP contribution in [0.4, 0.5) is 0 Å². The van der Waals surface area contributed by atoms with Gasteiger partial charge >= 0.3 is 0 Å². The summed E-state index contributed by atoms with van der Waals surface area (Å²) in [5.74, 6) is 1.80. The summed E-state index contributed by atoms with van der Waals surface area (Å²) in [6, 6.07) is 70.3. The third-order valence-electron chi connectivity index (χ3n) is 12.5. The van der Waals surface area contributed by atoms with Crippen molar-refractivity contribution in [3.05, 3.63) is 222 Å². The van der Waals surface area contributed by atoms with E-state index < -0.39 is 5.41 Å². The fourth-order valence-electron chi connectivity index (χ4n) is 9.97. The van der Waals surface area contributed by atoms with E-state index in [1.807, 2.05) is 36.4 Å². The molecule has 0 saturated heterocycles. The molecule has 13 rings (SSSR count). The minimum Gasteiger partial charge on any atom is -0.439 e.